The average molecular weight is 347 g/mol. The third-order valence-electron chi connectivity index (χ3n) is 4.14. The molecule has 0 fully saturated rings. The fourth-order valence-corrected chi connectivity index (χ4v) is 2.56. The molecule has 0 saturated carbocycles. The second-order valence-corrected chi connectivity index (χ2v) is 5.96. The molecule has 0 heterocycles. The first-order chi connectivity index (χ1) is 12.0. The van der Waals surface area contributed by atoms with Crippen molar-refractivity contribution < 1.29 is 18.3 Å². The Labute approximate surface area is 147 Å². The summed E-state index contributed by atoms with van der Waals surface area (Å²) in [6.45, 7) is 1.79. The molecule has 0 aromatic heterocycles. The molecule has 2 aromatic carbocycles. The van der Waals surface area contributed by atoms with Gasteiger partial charge < -0.3 is 9.64 Å². The molecule has 0 radical (unpaired) electrons. The van der Waals surface area contributed by atoms with Crippen molar-refractivity contribution in [1.29, 1.82) is 0 Å². The number of carbonyl (C=O) groups excluding carboxylic acids is 1. The van der Waals surface area contributed by atoms with Crippen molar-refractivity contribution in [3.8, 4) is 5.75 Å². The molecule has 2 rings (SSSR count). The lowest BCUT2D eigenvalue weighted by atomic mass is 10.1. The summed E-state index contributed by atoms with van der Waals surface area (Å²) in [6.07, 6.45) is 1.09. The zero-order chi connectivity index (χ0) is 18.2. The van der Waals surface area contributed by atoms with Crippen LogP contribution in [0.15, 0.2) is 54.6 Å². The number of nitrogens with zero attached hydrogens (tertiary/aromatic N) is 1. The number of alkyl halides is 2. The lowest BCUT2D eigenvalue weighted by Crippen LogP contribution is -2.38. The summed E-state index contributed by atoms with van der Waals surface area (Å²) in [4.78, 5) is 14.6. The van der Waals surface area contributed by atoms with Crippen LogP contribution in [-0.4, -0.2) is 23.5 Å². The van der Waals surface area contributed by atoms with E-state index in [2.05, 4.69) is 4.74 Å². The molecular formula is C20H23F2NO2. The van der Waals surface area contributed by atoms with Crippen LogP contribution in [0.2, 0.25) is 0 Å². The van der Waals surface area contributed by atoms with Gasteiger partial charge in [-0.1, -0.05) is 49.4 Å². The fourth-order valence-electron chi connectivity index (χ4n) is 2.56. The molecule has 0 bridgehead atoms. The van der Waals surface area contributed by atoms with Crippen molar-refractivity contribution in [3.05, 3.63) is 65.7 Å². The molecule has 0 spiro atoms. The molecule has 0 aliphatic rings. The highest BCUT2D eigenvalue weighted by Crippen LogP contribution is 2.17. The highest BCUT2D eigenvalue weighted by molar-refractivity contribution is 5.79. The van der Waals surface area contributed by atoms with E-state index in [0.29, 0.717) is 6.54 Å². The molecule has 0 saturated heterocycles. The Morgan fingerprint density at radius 1 is 1.04 bits per heavy atom. The third kappa shape index (κ3) is 5.85. The number of benzene rings is 2. The molecule has 5 heteroatoms. The van der Waals surface area contributed by atoms with E-state index in [1.54, 1.807) is 12.1 Å². The standard InChI is InChI=1S/C20H23F2NO2/c1-3-15(2)23(14-17-7-5-4-6-8-17)19(24)13-16-9-11-18(12-10-16)25-20(21)22/h4-12,15,20H,3,13-14H2,1-2H3. The Morgan fingerprint density at radius 3 is 2.24 bits per heavy atom. The van der Waals surface area contributed by atoms with E-state index in [1.165, 1.54) is 12.1 Å². The van der Waals surface area contributed by atoms with E-state index >= 15 is 0 Å². The number of ether oxygens (including phenoxy) is 1. The topological polar surface area (TPSA) is 29.5 Å². The van der Waals surface area contributed by atoms with Gasteiger partial charge >= 0.3 is 6.61 Å². The number of carbonyl (C=O) groups is 1. The summed E-state index contributed by atoms with van der Waals surface area (Å²) < 4.78 is 28.7. The Kier molecular flexibility index (Phi) is 6.92. The van der Waals surface area contributed by atoms with Gasteiger partial charge in [0, 0.05) is 12.6 Å². The minimum atomic E-state index is -2.85. The molecule has 0 aliphatic heterocycles. The summed E-state index contributed by atoms with van der Waals surface area (Å²) in [7, 11) is 0. The second kappa shape index (κ2) is 9.16. The normalized spacial score (nSPS) is 12.0. The monoisotopic (exact) mass is 347 g/mol. The first-order valence-corrected chi connectivity index (χ1v) is 8.36. The highest BCUT2D eigenvalue weighted by atomic mass is 19.3. The van der Waals surface area contributed by atoms with Gasteiger partial charge in [0.25, 0.3) is 0 Å². The SMILES string of the molecule is CCC(C)N(Cc1ccccc1)C(=O)Cc1ccc(OC(F)F)cc1. The number of hydrogen-bond donors (Lipinski definition) is 0. The molecule has 25 heavy (non-hydrogen) atoms. The van der Waals surface area contributed by atoms with Crippen molar-refractivity contribution in [1.82, 2.24) is 4.90 Å². The number of halogens is 2. The Bertz CT molecular complexity index is 659. The van der Waals surface area contributed by atoms with E-state index in [1.807, 2.05) is 49.1 Å². The summed E-state index contributed by atoms with van der Waals surface area (Å²) in [6, 6.07) is 16.2. The van der Waals surface area contributed by atoms with Crippen LogP contribution < -0.4 is 4.74 Å². The fraction of sp³-hybridized carbons (Fsp3) is 0.350. The van der Waals surface area contributed by atoms with Gasteiger partial charge in [-0.3, -0.25) is 4.79 Å². The summed E-state index contributed by atoms with van der Waals surface area (Å²) in [5.74, 6) is 0.106. The first kappa shape index (κ1) is 18.9. The lowest BCUT2D eigenvalue weighted by Gasteiger charge is -2.29. The van der Waals surface area contributed by atoms with Gasteiger partial charge in [0.2, 0.25) is 5.91 Å². The maximum Gasteiger partial charge on any atom is 0.387 e. The van der Waals surface area contributed by atoms with E-state index in [9.17, 15) is 13.6 Å². The van der Waals surface area contributed by atoms with Crippen LogP contribution in [-0.2, 0) is 17.8 Å². The largest absolute Gasteiger partial charge is 0.435 e. The number of amides is 1. The van der Waals surface area contributed by atoms with Crippen LogP contribution in [0.1, 0.15) is 31.4 Å². The summed E-state index contributed by atoms with van der Waals surface area (Å²) in [5, 5.41) is 0. The van der Waals surface area contributed by atoms with Crippen molar-refractivity contribution in [2.45, 2.75) is 45.9 Å². The zero-order valence-corrected chi connectivity index (χ0v) is 14.5. The van der Waals surface area contributed by atoms with E-state index in [0.717, 1.165) is 17.5 Å². The molecule has 0 N–H and O–H groups in total. The highest BCUT2D eigenvalue weighted by Gasteiger charge is 2.19. The quantitative estimate of drug-likeness (QED) is 0.695. The first-order valence-electron chi connectivity index (χ1n) is 8.36. The predicted octanol–water partition coefficient (Wildman–Crippen LogP) is 4.66. The lowest BCUT2D eigenvalue weighted by molar-refractivity contribution is -0.133. The Hall–Kier alpha value is -2.43. The van der Waals surface area contributed by atoms with Crippen LogP contribution in [0, 0.1) is 0 Å². The van der Waals surface area contributed by atoms with Gasteiger partial charge in [-0.05, 0) is 36.6 Å². The smallest absolute Gasteiger partial charge is 0.387 e. The third-order valence-corrected chi connectivity index (χ3v) is 4.14. The minimum absolute atomic E-state index is 0.0146. The minimum Gasteiger partial charge on any atom is -0.435 e. The van der Waals surface area contributed by atoms with E-state index in [4.69, 9.17) is 0 Å². The molecule has 1 amide bonds. The van der Waals surface area contributed by atoms with Crippen molar-refractivity contribution in [2.24, 2.45) is 0 Å². The van der Waals surface area contributed by atoms with Crippen molar-refractivity contribution in [3.63, 3.8) is 0 Å². The van der Waals surface area contributed by atoms with E-state index < -0.39 is 6.61 Å². The summed E-state index contributed by atoms with van der Waals surface area (Å²) >= 11 is 0. The molecule has 3 nitrogen and oxygen atoms in total. The van der Waals surface area contributed by atoms with Crippen molar-refractivity contribution in [2.75, 3.05) is 0 Å². The molecule has 134 valence electrons. The van der Waals surface area contributed by atoms with Gasteiger partial charge in [-0.25, -0.2) is 0 Å². The maximum absolute atomic E-state index is 12.8. The second-order valence-electron chi connectivity index (χ2n) is 5.96. The summed E-state index contributed by atoms with van der Waals surface area (Å²) in [5.41, 5.74) is 1.85. The van der Waals surface area contributed by atoms with Gasteiger partial charge in [0.1, 0.15) is 5.75 Å². The number of hydrogen-bond acceptors (Lipinski definition) is 2. The van der Waals surface area contributed by atoms with Crippen LogP contribution in [0.5, 0.6) is 5.75 Å². The van der Waals surface area contributed by atoms with Gasteiger partial charge in [-0.15, -0.1) is 0 Å². The van der Waals surface area contributed by atoms with Crippen LogP contribution in [0.4, 0.5) is 8.78 Å². The molecule has 0 aliphatic carbocycles. The van der Waals surface area contributed by atoms with E-state index in [-0.39, 0.29) is 24.1 Å². The molecule has 2 aromatic rings. The van der Waals surface area contributed by atoms with Crippen molar-refractivity contribution >= 4 is 5.91 Å². The molecule has 1 unspecified atom stereocenters. The molecule has 1 atom stereocenters. The van der Waals surface area contributed by atoms with Gasteiger partial charge in [-0.2, -0.15) is 8.78 Å². The Morgan fingerprint density at radius 2 is 1.68 bits per heavy atom. The zero-order valence-electron chi connectivity index (χ0n) is 14.5. The van der Waals surface area contributed by atoms with Crippen LogP contribution in [0.3, 0.4) is 0 Å². The maximum atomic E-state index is 12.8. The molecular weight excluding hydrogens is 324 g/mol. The predicted molar refractivity (Wildman–Crippen MR) is 93.5 cm³/mol. The van der Waals surface area contributed by atoms with Crippen LogP contribution >= 0.6 is 0 Å². The van der Waals surface area contributed by atoms with Crippen LogP contribution in [0.25, 0.3) is 0 Å². The van der Waals surface area contributed by atoms with Gasteiger partial charge in [0.05, 0.1) is 6.42 Å². The average Bonchev–Trinajstić information content (AvgIpc) is 2.61. The number of rotatable bonds is 8. The van der Waals surface area contributed by atoms with Gasteiger partial charge in [0.15, 0.2) is 0 Å². The Balaban J connectivity index is 2.06.